The predicted octanol–water partition coefficient (Wildman–Crippen LogP) is 1.74. The molecule has 1 aromatic rings. The highest BCUT2D eigenvalue weighted by Gasteiger charge is 2.23. The van der Waals surface area contributed by atoms with E-state index >= 15 is 0 Å². The number of carbonyl (C=O) groups excluding carboxylic acids is 1. The van der Waals surface area contributed by atoms with Crippen molar-refractivity contribution in [1.29, 1.82) is 0 Å². The van der Waals surface area contributed by atoms with Gasteiger partial charge in [-0.2, -0.15) is 0 Å². The highest BCUT2D eigenvalue weighted by atomic mass is 79.9. The molecule has 0 aromatic carbocycles. The van der Waals surface area contributed by atoms with Gasteiger partial charge in [0.05, 0.1) is 4.47 Å². The normalized spacial score (nSPS) is 11.4. The molecule has 0 amide bonds. The minimum Gasteiger partial charge on any atom is -0.269 e. The number of rotatable bonds is 1. The van der Waals surface area contributed by atoms with Gasteiger partial charge in [-0.15, -0.1) is 0 Å². The summed E-state index contributed by atoms with van der Waals surface area (Å²) >= 11 is 3.07. The van der Waals surface area contributed by atoms with Gasteiger partial charge in [-0.3, -0.25) is 14.2 Å². The van der Waals surface area contributed by atoms with Crippen LogP contribution in [0.2, 0.25) is 0 Å². The van der Waals surface area contributed by atoms with Gasteiger partial charge in [0.1, 0.15) is 0 Å². The molecule has 0 radical (unpaired) electrons. The van der Waals surface area contributed by atoms with Crippen molar-refractivity contribution in [2.24, 2.45) is 0 Å². The van der Waals surface area contributed by atoms with Crippen LogP contribution in [0.5, 0.6) is 0 Å². The number of carbonyl (C=O) groups is 1. The summed E-state index contributed by atoms with van der Waals surface area (Å²) in [6.07, 6.45) is 1.18. The van der Waals surface area contributed by atoms with Gasteiger partial charge in [0, 0.05) is 17.3 Å². The Hall–Kier alpha value is -1.43. The molecule has 0 aliphatic heterocycles. The average molecular weight is 315 g/mol. The van der Waals surface area contributed by atoms with Crippen LogP contribution in [-0.2, 0) is 5.54 Å². The van der Waals surface area contributed by atoms with Crippen molar-refractivity contribution < 1.29 is 4.79 Å². The Morgan fingerprint density at radius 3 is 2.22 bits per heavy atom. The SMILES string of the molecule is C=C(C)C(=O)n1cc(Br)c(=O)n(C(C)(C)C)c1=O. The van der Waals surface area contributed by atoms with Crippen LogP contribution in [0.3, 0.4) is 0 Å². The molecule has 0 bridgehead atoms. The lowest BCUT2D eigenvalue weighted by Gasteiger charge is -2.22. The molecule has 6 heteroatoms. The van der Waals surface area contributed by atoms with Gasteiger partial charge in [-0.05, 0) is 43.6 Å². The second kappa shape index (κ2) is 4.68. The molecule has 0 N–H and O–H groups in total. The van der Waals surface area contributed by atoms with E-state index in [0.717, 1.165) is 9.13 Å². The van der Waals surface area contributed by atoms with E-state index < -0.39 is 22.7 Å². The molecule has 0 saturated heterocycles. The van der Waals surface area contributed by atoms with E-state index in [1.54, 1.807) is 20.8 Å². The first-order valence-electron chi connectivity index (χ1n) is 5.32. The summed E-state index contributed by atoms with van der Waals surface area (Å²) in [5.74, 6) is -0.529. The lowest BCUT2D eigenvalue weighted by Crippen LogP contribution is -2.49. The summed E-state index contributed by atoms with van der Waals surface area (Å²) in [6.45, 7) is 10.2. The predicted molar refractivity (Wildman–Crippen MR) is 73.1 cm³/mol. The summed E-state index contributed by atoms with van der Waals surface area (Å²) in [5.41, 5.74) is -1.61. The minimum atomic E-state index is -0.713. The fraction of sp³-hybridized carbons (Fsp3) is 0.417. The zero-order valence-electron chi connectivity index (χ0n) is 10.8. The maximum Gasteiger partial charge on any atom is 0.338 e. The Balaban J connectivity index is 3.77. The van der Waals surface area contributed by atoms with E-state index in [-0.39, 0.29) is 10.0 Å². The van der Waals surface area contributed by atoms with Crippen LogP contribution in [0.1, 0.15) is 32.5 Å². The summed E-state index contributed by atoms with van der Waals surface area (Å²) < 4.78 is 2.09. The molecule has 0 unspecified atom stereocenters. The third-order valence-corrected chi connectivity index (χ3v) is 2.85. The molecular weight excluding hydrogens is 300 g/mol. The third-order valence-electron chi connectivity index (χ3n) is 2.30. The van der Waals surface area contributed by atoms with E-state index in [1.807, 2.05) is 0 Å². The molecule has 18 heavy (non-hydrogen) atoms. The van der Waals surface area contributed by atoms with E-state index in [0.29, 0.717) is 0 Å². The van der Waals surface area contributed by atoms with E-state index in [4.69, 9.17) is 0 Å². The fourth-order valence-electron chi connectivity index (χ4n) is 1.47. The molecule has 0 spiro atoms. The molecule has 0 saturated carbocycles. The first-order valence-corrected chi connectivity index (χ1v) is 6.11. The molecule has 0 aliphatic rings. The Morgan fingerprint density at radius 2 is 1.83 bits per heavy atom. The molecule has 1 aromatic heterocycles. The van der Waals surface area contributed by atoms with Crippen molar-refractivity contribution in [2.45, 2.75) is 33.2 Å². The standard InChI is InChI=1S/C12H15BrN2O3/c1-7(2)9(16)14-6-8(13)10(17)15(11(14)18)12(3,4)5/h6H,1H2,2-5H3. The van der Waals surface area contributed by atoms with Crippen LogP contribution in [0.25, 0.3) is 0 Å². The van der Waals surface area contributed by atoms with Crippen LogP contribution >= 0.6 is 15.9 Å². The Kier molecular flexibility index (Phi) is 3.81. The van der Waals surface area contributed by atoms with Crippen molar-refractivity contribution in [1.82, 2.24) is 9.13 Å². The molecule has 0 fully saturated rings. The second-order valence-corrected chi connectivity index (χ2v) is 5.88. The van der Waals surface area contributed by atoms with Gasteiger partial charge in [0.15, 0.2) is 0 Å². The lowest BCUT2D eigenvalue weighted by atomic mass is 10.1. The number of halogens is 1. The highest BCUT2D eigenvalue weighted by molar-refractivity contribution is 9.10. The molecule has 98 valence electrons. The maximum atomic E-state index is 12.2. The number of allylic oxidation sites excluding steroid dienone is 1. The van der Waals surface area contributed by atoms with E-state index in [1.165, 1.54) is 13.1 Å². The minimum absolute atomic E-state index is 0.159. The summed E-state index contributed by atoms with van der Waals surface area (Å²) in [5, 5.41) is 0. The summed E-state index contributed by atoms with van der Waals surface area (Å²) in [7, 11) is 0. The molecule has 0 aliphatic carbocycles. The Morgan fingerprint density at radius 1 is 1.33 bits per heavy atom. The molecule has 1 rings (SSSR count). The fourth-order valence-corrected chi connectivity index (χ4v) is 1.85. The van der Waals surface area contributed by atoms with Crippen molar-refractivity contribution >= 4 is 21.8 Å². The zero-order valence-corrected chi connectivity index (χ0v) is 12.4. The van der Waals surface area contributed by atoms with Crippen LogP contribution in [-0.4, -0.2) is 15.0 Å². The van der Waals surface area contributed by atoms with Crippen LogP contribution in [0, 0.1) is 0 Å². The Labute approximate surface area is 113 Å². The summed E-state index contributed by atoms with van der Waals surface area (Å²) in [4.78, 5) is 36.0. The first kappa shape index (κ1) is 14.6. The third kappa shape index (κ3) is 2.53. The molecule has 0 atom stereocenters. The van der Waals surface area contributed by atoms with Crippen molar-refractivity contribution in [3.63, 3.8) is 0 Å². The number of nitrogens with zero attached hydrogens (tertiary/aromatic N) is 2. The quantitative estimate of drug-likeness (QED) is 0.742. The monoisotopic (exact) mass is 314 g/mol. The first-order chi connectivity index (χ1) is 8.07. The smallest absolute Gasteiger partial charge is 0.269 e. The van der Waals surface area contributed by atoms with Crippen molar-refractivity contribution in [3.8, 4) is 0 Å². The zero-order chi connectivity index (χ0) is 14.2. The van der Waals surface area contributed by atoms with Crippen molar-refractivity contribution in [3.05, 3.63) is 43.7 Å². The topological polar surface area (TPSA) is 61.1 Å². The summed E-state index contributed by atoms with van der Waals surface area (Å²) in [6, 6.07) is 0. The van der Waals surface area contributed by atoms with Crippen LogP contribution < -0.4 is 11.2 Å². The van der Waals surface area contributed by atoms with Gasteiger partial charge >= 0.3 is 5.69 Å². The largest absolute Gasteiger partial charge is 0.338 e. The second-order valence-electron chi connectivity index (χ2n) is 5.03. The van der Waals surface area contributed by atoms with Gasteiger partial charge in [-0.25, -0.2) is 9.36 Å². The van der Waals surface area contributed by atoms with Crippen LogP contribution in [0.4, 0.5) is 0 Å². The van der Waals surface area contributed by atoms with Gasteiger partial charge < -0.3 is 0 Å². The molecule has 5 nitrogen and oxygen atoms in total. The van der Waals surface area contributed by atoms with E-state index in [2.05, 4.69) is 22.5 Å². The van der Waals surface area contributed by atoms with Crippen molar-refractivity contribution in [2.75, 3.05) is 0 Å². The molecule has 1 heterocycles. The molecular formula is C12H15BrN2O3. The lowest BCUT2D eigenvalue weighted by molar-refractivity contribution is 0.0945. The number of hydrogen-bond donors (Lipinski definition) is 0. The average Bonchev–Trinajstić information content (AvgIpc) is 2.20. The van der Waals surface area contributed by atoms with Crippen LogP contribution in [0.15, 0.2) is 32.4 Å². The Bertz CT molecular complexity index is 632. The van der Waals surface area contributed by atoms with Gasteiger partial charge in [0.25, 0.3) is 11.5 Å². The highest BCUT2D eigenvalue weighted by Crippen LogP contribution is 2.10. The number of aromatic nitrogens is 2. The maximum absolute atomic E-state index is 12.2. The number of hydrogen-bond acceptors (Lipinski definition) is 3. The van der Waals surface area contributed by atoms with E-state index in [9.17, 15) is 14.4 Å². The van der Waals surface area contributed by atoms with Gasteiger partial charge in [0.2, 0.25) is 0 Å². The van der Waals surface area contributed by atoms with Gasteiger partial charge in [-0.1, -0.05) is 6.58 Å².